The number of aliphatic hydroxyl groups excluding tert-OH is 1. The summed E-state index contributed by atoms with van der Waals surface area (Å²) < 4.78 is 11.0. The fourth-order valence-electron chi connectivity index (χ4n) is 4.04. The first-order chi connectivity index (χ1) is 16.2. The molecular weight excluding hydrogens is 440 g/mol. The first-order valence-corrected chi connectivity index (χ1v) is 12.7. The van der Waals surface area contributed by atoms with Gasteiger partial charge in [-0.05, 0) is 92.4 Å². The Morgan fingerprint density at radius 1 is 0.853 bits per heavy atom. The van der Waals surface area contributed by atoms with Crippen LogP contribution in [0.1, 0.15) is 72.6 Å². The van der Waals surface area contributed by atoms with Crippen molar-refractivity contribution in [2.45, 2.75) is 84.8 Å². The number of carboxylic acids is 1. The fourth-order valence-corrected chi connectivity index (χ4v) is 4.04. The number of carboxylic acid groups (broad SMARTS) is 1. The van der Waals surface area contributed by atoms with Crippen molar-refractivity contribution in [1.82, 2.24) is 9.80 Å². The van der Waals surface area contributed by atoms with E-state index in [-0.39, 0.29) is 18.9 Å². The molecule has 9 heteroatoms. The molecule has 2 fully saturated rings. The third-order valence-corrected chi connectivity index (χ3v) is 6.16. The van der Waals surface area contributed by atoms with E-state index in [9.17, 15) is 9.90 Å². The van der Waals surface area contributed by atoms with Crippen LogP contribution >= 0.6 is 0 Å². The van der Waals surface area contributed by atoms with E-state index < -0.39 is 11.4 Å². The number of hydrogen-bond acceptors (Lipinski definition) is 8. The van der Waals surface area contributed by atoms with Crippen LogP contribution in [-0.4, -0.2) is 103 Å². The lowest BCUT2D eigenvalue weighted by molar-refractivity contribution is -0.191. The standard InChI is InChI=1S/C13H25NO4.C11H23NO.CO2/c1-11(2)18-9-3-6-14-7-4-13(10-15,5-8-14)12(16)17;1-11(2)13-10-6-9-12-7-4-3-5-8-12;2-1-3/h11,15H,3-10H2,1-2H3,(H,16,17);11H,3-10H2,1-2H3;. The molecule has 0 atom stereocenters. The van der Waals surface area contributed by atoms with Gasteiger partial charge in [0.2, 0.25) is 0 Å². The maximum Gasteiger partial charge on any atom is 0.373 e. The zero-order valence-electron chi connectivity index (χ0n) is 21.8. The fraction of sp³-hybridized carbons (Fsp3) is 0.920. The molecule has 0 spiro atoms. The lowest BCUT2D eigenvalue weighted by atomic mass is 9.79. The van der Waals surface area contributed by atoms with E-state index in [1.54, 1.807) is 0 Å². The number of aliphatic carboxylic acids is 1. The van der Waals surface area contributed by atoms with Crippen LogP contribution in [0.4, 0.5) is 0 Å². The van der Waals surface area contributed by atoms with Gasteiger partial charge in [-0.15, -0.1) is 0 Å². The molecule has 0 aromatic heterocycles. The average Bonchev–Trinajstić information content (AvgIpc) is 2.81. The summed E-state index contributed by atoms with van der Waals surface area (Å²) in [6.45, 7) is 15.9. The molecule has 0 radical (unpaired) electrons. The van der Waals surface area contributed by atoms with E-state index in [0.717, 1.165) is 39.3 Å². The minimum Gasteiger partial charge on any atom is -0.481 e. The third-order valence-electron chi connectivity index (χ3n) is 6.16. The van der Waals surface area contributed by atoms with Crippen molar-refractivity contribution in [3.8, 4) is 0 Å². The minimum absolute atomic E-state index is 0.250. The zero-order valence-corrected chi connectivity index (χ0v) is 21.8. The van der Waals surface area contributed by atoms with Crippen LogP contribution in [0.3, 0.4) is 0 Å². The van der Waals surface area contributed by atoms with Crippen LogP contribution in [0.25, 0.3) is 0 Å². The number of aliphatic hydroxyl groups is 1. The summed E-state index contributed by atoms with van der Waals surface area (Å²) in [6.07, 6.45) is 8.35. The summed E-state index contributed by atoms with van der Waals surface area (Å²) in [5.74, 6) is -0.868. The van der Waals surface area contributed by atoms with E-state index in [1.807, 2.05) is 13.8 Å². The van der Waals surface area contributed by atoms with Crippen LogP contribution in [0.5, 0.6) is 0 Å². The van der Waals surface area contributed by atoms with Crippen LogP contribution < -0.4 is 0 Å². The van der Waals surface area contributed by atoms with E-state index in [1.165, 1.54) is 45.3 Å². The Morgan fingerprint density at radius 3 is 1.62 bits per heavy atom. The highest BCUT2D eigenvalue weighted by Gasteiger charge is 2.40. The zero-order chi connectivity index (χ0) is 25.8. The maximum absolute atomic E-state index is 11.2. The van der Waals surface area contributed by atoms with Gasteiger partial charge in [0, 0.05) is 26.3 Å². The van der Waals surface area contributed by atoms with Crippen LogP contribution in [0.15, 0.2) is 0 Å². The molecule has 0 aromatic carbocycles. The summed E-state index contributed by atoms with van der Waals surface area (Å²) in [5, 5.41) is 18.4. The molecule has 34 heavy (non-hydrogen) atoms. The molecule has 9 nitrogen and oxygen atoms in total. The monoisotopic (exact) mass is 488 g/mol. The molecule has 2 aliphatic rings. The normalized spacial score (nSPS) is 18.4. The number of rotatable bonds is 12. The lowest BCUT2D eigenvalue weighted by Gasteiger charge is -2.37. The number of piperidine rings is 2. The van der Waals surface area contributed by atoms with Crippen molar-refractivity contribution in [3.05, 3.63) is 0 Å². The molecule has 2 N–H and O–H groups in total. The molecule has 0 bridgehead atoms. The smallest absolute Gasteiger partial charge is 0.373 e. The highest BCUT2D eigenvalue weighted by molar-refractivity contribution is 5.75. The second kappa shape index (κ2) is 19.9. The van der Waals surface area contributed by atoms with E-state index >= 15 is 0 Å². The average molecular weight is 489 g/mol. The summed E-state index contributed by atoms with van der Waals surface area (Å²) in [7, 11) is 0. The number of carbonyl (C=O) groups excluding carboxylic acids is 2. The largest absolute Gasteiger partial charge is 0.481 e. The number of nitrogens with zero attached hydrogens (tertiary/aromatic N) is 2. The van der Waals surface area contributed by atoms with Gasteiger partial charge in [-0.25, -0.2) is 0 Å². The van der Waals surface area contributed by atoms with E-state index in [0.29, 0.717) is 18.9 Å². The van der Waals surface area contributed by atoms with E-state index in [4.69, 9.17) is 24.2 Å². The number of ether oxygens (including phenoxy) is 2. The summed E-state index contributed by atoms with van der Waals surface area (Å²) in [4.78, 5) is 32.2. The number of carbonyl (C=O) groups is 1. The van der Waals surface area contributed by atoms with Gasteiger partial charge >= 0.3 is 12.1 Å². The maximum atomic E-state index is 11.2. The predicted octanol–water partition coefficient (Wildman–Crippen LogP) is 2.66. The highest BCUT2D eigenvalue weighted by atomic mass is 16.5. The highest BCUT2D eigenvalue weighted by Crippen LogP contribution is 2.31. The van der Waals surface area contributed by atoms with Gasteiger partial charge in [-0.2, -0.15) is 9.59 Å². The van der Waals surface area contributed by atoms with Crippen molar-refractivity contribution >= 4 is 12.1 Å². The molecule has 0 aromatic rings. The van der Waals surface area contributed by atoms with Gasteiger partial charge < -0.3 is 29.5 Å². The van der Waals surface area contributed by atoms with E-state index in [2.05, 4.69) is 23.6 Å². The van der Waals surface area contributed by atoms with Gasteiger partial charge in [0.15, 0.2) is 0 Å². The lowest BCUT2D eigenvalue weighted by Crippen LogP contribution is -2.46. The molecule has 0 aliphatic carbocycles. The van der Waals surface area contributed by atoms with Gasteiger partial charge in [-0.1, -0.05) is 6.42 Å². The summed E-state index contributed by atoms with van der Waals surface area (Å²) >= 11 is 0. The van der Waals surface area contributed by atoms with Crippen molar-refractivity contribution < 1.29 is 34.1 Å². The second-order valence-corrected chi connectivity index (χ2v) is 9.62. The van der Waals surface area contributed by atoms with Gasteiger partial charge in [-0.3, -0.25) is 4.79 Å². The Hall–Kier alpha value is -1.35. The Kier molecular flexibility index (Phi) is 19.1. The van der Waals surface area contributed by atoms with Gasteiger partial charge in [0.05, 0.1) is 24.2 Å². The van der Waals surface area contributed by atoms with Gasteiger partial charge in [0.1, 0.15) is 0 Å². The SMILES string of the molecule is CC(C)OCCCN1CCC(CO)(C(=O)O)CC1.CC(C)OCCCN1CCCCC1.O=C=O. The van der Waals surface area contributed by atoms with Crippen LogP contribution in [0.2, 0.25) is 0 Å². The molecule has 0 saturated carbocycles. The van der Waals surface area contributed by atoms with Crippen molar-refractivity contribution in [2.24, 2.45) is 5.41 Å². The Bertz CT molecular complexity index is 537. The Labute approximate surface area is 205 Å². The van der Waals surface area contributed by atoms with Crippen molar-refractivity contribution in [3.63, 3.8) is 0 Å². The summed E-state index contributed by atoms with van der Waals surface area (Å²) in [6, 6.07) is 0. The molecule has 200 valence electrons. The molecule has 0 amide bonds. The molecule has 2 saturated heterocycles. The van der Waals surface area contributed by atoms with Crippen LogP contribution in [-0.2, 0) is 23.9 Å². The molecule has 0 unspecified atom stereocenters. The first kappa shape index (κ1) is 32.7. The Morgan fingerprint density at radius 2 is 1.26 bits per heavy atom. The Balaban J connectivity index is 0.000000597. The van der Waals surface area contributed by atoms with Crippen LogP contribution in [0, 0.1) is 5.41 Å². The van der Waals surface area contributed by atoms with Gasteiger partial charge in [0.25, 0.3) is 0 Å². The summed E-state index contributed by atoms with van der Waals surface area (Å²) in [5.41, 5.74) is -0.912. The predicted molar refractivity (Wildman–Crippen MR) is 130 cm³/mol. The number of likely N-dealkylation sites (tertiary alicyclic amines) is 2. The minimum atomic E-state index is -0.912. The van der Waals surface area contributed by atoms with Crippen molar-refractivity contribution in [2.75, 3.05) is 59.1 Å². The molecule has 2 rings (SSSR count). The second-order valence-electron chi connectivity index (χ2n) is 9.62. The number of hydrogen-bond donors (Lipinski definition) is 2. The first-order valence-electron chi connectivity index (χ1n) is 12.7. The molecule has 2 heterocycles. The topological polar surface area (TPSA) is 117 Å². The molecular formula is C25H48N2O7. The molecule has 2 aliphatic heterocycles. The quantitative estimate of drug-likeness (QED) is 0.400. The third kappa shape index (κ3) is 15.5. The van der Waals surface area contributed by atoms with Crippen molar-refractivity contribution in [1.29, 1.82) is 0 Å².